The molecule has 158 valence electrons. The maximum Gasteiger partial charge on any atom is 0.173 e. The van der Waals surface area contributed by atoms with Crippen molar-refractivity contribution in [2.24, 2.45) is 0 Å². The minimum atomic E-state index is -0.444. The molecule has 7 nitrogen and oxygen atoms in total. The molecular weight excluding hydrogens is 390 g/mol. The van der Waals surface area contributed by atoms with Crippen LogP contribution in [0, 0.1) is 11.6 Å². The summed E-state index contributed by atoms with van der Waals surface area (Å²) in [4.78, 5) is 4.16. The van der Waals surface area contributed by atoms with Gasteiger partial charge in [0.05, 0.1) is 18.8 Å². The van der Waals surface area contributed by atoms with Crippen molar-refractivity contribution in [2.45, 2.75) is 12.6 Å². The summed E-state index contributed by atoms with van der Waals surface area (Å²) in [6.45, 7) is 3.38. The normalized spacial score (nSPS) is 16.0. The van der Waals surface area contributed by atoms with Crippen molar-refractivity contribution in [3.8, 4) is 0 Å². The monoisotopic (exact) mass is 414 g/mol. The molecule has 0 spiro atoms. The molecule has 1 aromatic heterocycles. The van der Waals surface area contributed by atoms with Crippen LogP contribution < -0.4 is 4.90 Å². The Bertz CT molecular complexity index is 973. The van der Waals surface area contributed by atoms with Crippen LogP contribution >= 0.6 is 0 Å². The van der Waals surface area contributed by atoms with Gasteiger partial charge in [-0.3, -0.25) is 4.90 Å². The Hall–Kier alpha value is -2.91. The van der Waals surface area contributed by atoms with Gasteiger partial charge in [-0.15, -0.1) is 5.10 Å². The van der Waals surface area contributed by atoms with Crippen LogP contribution in [0.1, 0.15) is 17.4 Å². The zero-order valence-corrected chi connectivity index (χ0v) is 16.8. The Balaban J connectivity index is 1.61. The zero-order valence-electron chi connectivity index (χ0n) is 16.8. The number of ether oxygens (including phenoxy) is 1. The molecule has 2 heterocycles. The molecule has 1 aliphatic rings. The topological polar surface area (TPSA) is 59.3 Å². The van der Waals surface area contributed by atoms with Gasteiger partial charge in [-0.2, -0.15) is 0 Å². The molecule has 9 heteroatoms. The number of hydrogen-bond acceptors (Lipinski definition) is 6. The van der Waals surface area contributed by atoms with Gasteiger partial charge >= 0.3 is 0 Å². The maximum absolute atomic E-state index is 14.8. The summed E-state index contributed by atoms with van der Waals surface area (Å²) in [5, 5.41) is 12.1. The second-order valence-corrected chi connectivity index (χ2v) is 7.15. The van der Waals surface area contributed by atoms with Crippen molar-refractivity contribution in [3.63, 3.8) is 0 Å². The van der Waals surface area contributed by atoms with E-state index in [1.165, 1.54) is 12.1 Å². The highest BCUT2D eigenvalue weighted by Crippen LogP contribution is 2.31. The number of rotatable bonds is 7. The molecule has 0 saturated carbocycles. The molecule has 1 atom stereocenters. The summed E-state index contributed by atoms with van der Waals surface area (Å²) in [5.41, 5.74) is 1.11. The van der Waals surface area contributed by atoms with Gasteiger partial charge in [0, 0.05) is 38.9 Å². The third-order valence-electron chi connectivity index (χ3n) is 5.38. The predicted octanol–water partition coefficient (Wildman–Crippen LogP) is 2.51. The SMILES string of the molecule is COCCn1nnnc1[C@H](c1ccccc1F)N1CCN(c2ccccc2F)CC1. The fraction of sp³-hybridized carbons (Fsp3) is 0.381. The largest absolute Gasteiger partial charge is 0.383 e. The van der Waals surface area contributed by atoms with Gasteiger partial charge in [-0.25, -0.2) is 13.5 Å². The average molecular weight is 414 g/mol. The molecule has 0 aliphatic carbocycles. The number of tetrazole rings is 1. The summed E-state index contributed by atoms with van der Waals surface area (Å²) in [5.74, 6) is 0.0249. The van der Waals surface area contributed by atoms with Gasteiger partial charge in [-0.05, 0) is 28.6 Å². The maximum atomic E-state index is 14.8. The summed E-state index contributed by atoms with van der Waals surface area (Å²) in [6.07, 6.45) is 0. The van der Waals surface area contributed by atoms with Gasteiger partial charge < -0.3 is 9.64 Å². The van der Waals surface area contributed by atoms with E-state index in [9.17, 15) is 8.78 Å². The average Bonchev–Trinajstić information content (AvgIpc) is 3.23. The quantitative estimate of drug-likeness (QED) is 0.592. The lowest BCUT2D eigenvalue weighted by Crippen LogP contribution is -2.48. The van der Waals surface area contributed by atoms with E-state index in [1.807, 2.05) is 17.0 Å². The lowest BCUT2D eigenvalue weighted by Gasteiger charge is -2.40. The van der Waals surface area contributed by atoms with Gasteiger partial charge in [0.15, 0.2) is 5.82 Å². The second kappa shape index (κ2) is 9.27. The van der Waals surface area contributed by atoms with E-state index in [0.717, 1.165) is 0 Å². The lowest BCUT2D eigenvalue weighted by molar-refractivity contribution is 0.170. The van der Waals surface area contributed by atoms with Crippen molar-refractivity contribution in [1.29, 1.82) is 0 Å². The summed E-state index contributed by atoms with van der Waals surface area (Å²) in [6, 6.07) is 13.0. The highest BCUT2D eigenvalue weighted by atomic mass is 19.1. The minimum absolute atomic E-state index is 0.236. The molecule has 1 aliphatic heterocycles. The smallest absolute Gasteiger partial charge is 0.173 e. The standard InChI is InChI=1S/C21H24F2N6O/c1-30-15-14-29-21(24-25-26-29)20(16-6-2-3-7-17(16)22)28-12-10-27(11-13-28)19-9-5-4-8-18(19)23/h2-9,20H,10-15H2,1H3/t20-/m0/s1. The van der Waals surface area contributed by atoms with E-state index in [-0.39, 0.29) is 11.6 Å². The molecule has 0 unspecified atom stereocenters. The van der Waals surface area contributed by atoms with E-state index in [0.29, 0.717) is 56.4 Å². The number of methoxy groups -OCH3 is 1. The highest BCUT2D eigenvalue weighted by Gasteiger charge is 2.32. The molecule has 2 aromatic carbocycles. The van der Waals surface area contributed by atoms with E-state index < -0.39 is 6.04 Å². The van der Waals surface area contributed by atoms with Crippen LogP contribution in [-0.2, 0) is 11.3 Å². The molecule has 3 aromatic rings. The molecule has 0 bridgehead atoms. The van der Waals surface area contributed by atoms with E-state index in [4.69, 9.17) is 4.74 Å². The Kier molecular flexibility index (Phi) is 6.29. The first-order chi connectivity index (χ1) is 14.7. The fourth-order valence-electron chi connectivity index (χ4n) is 3.87. The molecule has 1 saturated heterocycles. The number of anilines is 1. The molecule has 4 rings (SSSR count). The third kappa shape index (κ3) is 4.17. The van der Waals surface area contributed by atoms with E-state index >= 15 is 0 Å². The predicted molar refractivity (Wildman–Crippen MR) is 108 cm³/mol. The van der Waals surface area contributed by atoms with Gasteiger partial charge in [0.2, 0.25) is 0 Å². The summed E-state index contributed by atoms with van der Waals surface area (Å²) >= 11 is 0. The van der Waals surface area contributed by atoms with Crippen molar-refractivity contribution in [3.05, 3.63) is 71.6 Å². The van der Waals surface area contributed by atoms with Crippen LogP contribution in [0.2, 0.25) is 0 Å². The molecule has 0 amide bonds. The second-order valence-electron chi connectivity index (χ2n) is 7.15. The first-order valence-corrected chi connectivity index (χ1v) is 9.92. The summed E-state index contributed by atoms with van der Waals surface area (Å²) < 4.78 is 35.8. The minimum Gasteiger partial charge on any atom is -0.383 e. The van der Waals surface area contributed by atoms with Crippen LogP contribution in [0.15, 0.2) is 48.5 Å². The Morgan fingerprint density at radius 1 is 0.967 bits per heavy atom. The first kappa shape index (κ1) is 20.4. The Morgan fingerprint density at radius 3 is 2.37 bits per heavy atom. The van der Waals surface area contributed by atoms with Crippen molar-refractivity contribution >= 4 is 5.69 Å². The Labute approximate surface area is 173 Å². The van der Waals surface area contributed by atoms with Gasteiger partial charge in [0.1, 0.15) is 17.7 Å². The molecule has 1 fully saturated rings. The zero-order chi connectivity index (χ0) is 20.9. The third-order valence-corrected chi connectivity index (χ3v) is 5.38. The first-order valence-electron chi connectivity index (χ1n) is 9.92. The molecule has 30 heavy (non-hydrogen) atoms. The van der Waals surface area contributed by atoms with Crippen molar-refractivity contribution < 1.29 is 13.5 Å². The summed E-state index contributed by atoms with van der Waals surface area (Å²) in [7, 11) is 1.61. The van der Waals surface area contributed by atoms with Crippen LogP contribution in [0.25, 0.3) is 0 Å². The fourth-order valence-corrected chi connectivity index (χ4v) is 3.87. The van der Waals surface area contributed by atoms with Crippen molar-refractivity contribution in [1.82, 2.24) is 25.1 Å². The lowest BCUT2D eigenvalue weighted by atomic mass is 10.0. The van der Waals surface area contributed by atoms with Crippen LogP contribution in [0.3, 0.4) is 0 Å². The van der Waals surface area contributed by atoms with Crippen LogP contribution in [-0.4, -0.2) is 65.0 Å². The number of halogens is 2. The molecule has 0 N–H and O–H groups in total. The number of nitrogens with zero attached hydrogens (tertiary/aromatic N) is 6. The van der Waals surface area contributed by atoms with Crippen LogP contribution in [0.5, 0.6) is 0 Å². The van der Waals surface area contributed by atoms with E-state index in [2.05, 4.69) is 20.4 Å². The highest BCUT2D eigenvalue weighted by molar-refractivity contribution is 5.48. The van der Waals surface area contributed by atoms with E-state index in [1.54, 1.807) is 36.1 Å². The number of para-hydroxylation sites is 1. The number of piperazine rings is 1. The molecular formula is C21H24F2N6O. The van der Waals surface area contributed by atoms with Crippen molar-refractivity contribution in [2.75, 3.05) is 44.8 Å². The van der Waals surface area contributed by atoms with Crippen LogP contribution in [0.4, 0.5) is 14.5 Å². The number of benzene rings is 2. The van der Waals surface area contributed by atoms with Gasteiger partial charge in [-0.1, -0.05) is 30.3 Å². The Morgan fingerprint density at radius 2 is 1.67 bits per heavy atom. The number of aromatic nitrogens is 4. The molecule has 0 radical (unpaired) electrons. The number of hydrogen-bond donors (Lipinski definition) is 0. The van der Waals surface area contributed by atoms with Gasteiger partial charge in [0.25, 0.3) is 0 Å².